The molecule has 0 fully saturated rings. The van der Waals surface area contributed by atoms with Crippen LogP contribution in [0, 0.1) is 0 Å². The average molecular weight is 193 g/mol. The number of hydrogen-bond donors (Lipinski definition) is 2. The molecule has 0 aliphatic rings. The zero-order valence-corrected chi connectivity index (χ0v) is 8.27. The molecule has 1 amide bonds. The monoisotopic (exact) mass is 193 g/mol. The average Bonchev–Trinajstić information content (AvgIpc) is 1.87. The first-order chi connectivity index (χ1) is 5.54. The van der Waals surface area contributed by atoms with Gasteiger partial charge in [-0.1, -0.05) is 0 Å². The van der Waals surface area contributed by atoms with Crippen molar-refractivity contribution in [2.45, 2.75) is 20.3 Å². The molecule has 0 atom stereocenters. The van der Waals surface area contributed by atoms with Crippen molar-refractivity contribution >= 4 is 24.5 Å². The quantitative estimate of drug-likeness (QED) is 0.502. The van der Waals surface area contributed by atoms with Gasteiger partial charge in [0.25, 0.3) is 0 Å². The summed E-state index contributed by atoms with van der Waals surface area (Å²) in [5.74, 6) is 0.0706. The Balaban J connectivity index is 0. The first kappa shape index (κ1) is 13.9. The maximum atomic E-state index is 10.4. The second-order valence-electron chi connectivity index (χ2n) is 1.89. The number of hydrogen-bond acceptors (Lipinski definition) is 4. The van der Waals surface area contributed by atoms with Crippen molar-refractivity contribution in [2.24, 2.45) is 5.73 Å². The summed E-state index contributed by atoms with van der Waals surface area (Å²) in [4.78, 5) is 19.6. The van der Waals surface area contributed by atoms with E-state index in [0.29, 0.717) is 18.8 Å². The van der Waals surface area contributed by atoms with E-state index in [-0.39, 0.29) is 11.9 Å². The van der Waals surface area contributed by atoms with Gasteiger partial charge >= 0.3 is 5.97 Å². The van der Waals surface area contributed by atoms with Crippen LogP contribution >= 0.6 is 12.6 Å². The Hall–Kier alpha value is -0.710. The number of rotatable bonds is 3. The lowest BCUT2D eigenvalue weighted by molar-refractivity contribution is -0.142. The molecule has 0 spiro atoms. The number of amides is 1. The Kier molecular flexibility index (Phi) is 11.9. The summed E-state index contributed by atoms with van der Waals surface area (Å²) in [5, 5.41) is 0. The van der Waals surface area contributed by atoms with Gasteiger partial charge in [0.2, 0.25) is 5.91 Å². The van der Waals surface area contributed by atoms with Gasteiger partial charge in [-0.05, 0) is 6.92 Å². The van der Waals surface area contributed by atoms with Crippen LogP contribution in [0.5, 0.6) is 0 Å². The lowest BCUT2D eigenvalue weighted by Crippen LogP contribution is -2.03. The van der Waals surface area contributed by atoms with E-state index in [9.17, 15) is 9.59 Å². The van der Waals surface area contributed by atoms with E-state index < -0.39 is 0 Å². The number of carbonyl (C=O) groups excluding carboxylic acids is 2. The van der Waals surface area contributed by atoms with Crippen LogP contribution in [0.2, 0.25) is 0 Å². The highest BCUT2D eigenvalue weighted by Crippen LogP contribution is 1.87. The highest BCUT2D eigenvalue weighted by atomic mass is 32.1. The third kappa shape index (κ3) is 22.8. The van der Waals surface area contributed by atoms with E-state index in [1.807, 2.05) is 0 Å². The second kappa shape index (κ2) is 10.3. The fraction of sp³-hybridized carbons (Fsp3) is 0.714. The first-order valence-electron chi connectivity index (χ1n) is 3.57. The van der Waals surface area contributed by atoms with Crippen molar-refractivity contribution in [3.8, 4) is 0 Å². The molecule has 4 nitrogen and oxygen atoms in total. The zero-order chi connectivity index (χ0) is 9.98. The molecule has 0 unspecified atom stereocenters. The molecule has 72 valence electrons. The maximum absolute atomic E-state index is 10.4. The van der Waals surface area contributed by atoms with Crippen LogP contribution in [-0.4, -0.2) is 24.2 Å². The minimum Gasteiger partial charge on any atom is -0.466 e. The lowest BCUT2D eigenvalue weighted by Gasteiger charge is -1.96. The molecule has 0 bridgehead atoms. The summed E-state index contributed by atoms with van der Waals surface area (Å²) < 4.78 is 4.59. The van der Waals surface area contributed by atoms with E-state index in [1.165, 1.54) is 6.92 Å². The van der Waals surface area contributed by atoms with Crippen LogP contribution < -0.4 is 5.73 Å². The SMILES string of the molecule is CC(N)=O.CCOC(=O)CCS. The number of thiol groups is 1. The molecule has 0 heterocycles. The van der Waals surface area contributed by atoms with Crippen molar-refractivity contribution in [1.82, 2.24) is 0 Å². The minimum absolute atomic E-state index is 0.164. The van der Waals surface area contributed by atoms with E-state index in [4.69, 9.17) is 0 Å². The van der Waals surface area contributed by atoms with Crippen LogP contribution in [0.15, 0.2) is 0 Å². The van der Waals surface area contributed by atoms with Crippen molar-refractivity contribution in [3.05, 3.63) is 0 Å². The summed E-state index contributed by atoms with van der Waals surface area (Å²) >= 11 is 3.85. The van der Waals surface area contributed by atoms with Crippen LogP contribution in [0.3, 0.4) is 0 Å². The largest absolute Gasteiger partial charge is 0.466 e. The number of ether oxygens (including phenoxy) is 1. The smallest absolute Gasteiger partial charge is 0.306 e. The lowest BCUT2D eigenvalue weighted by atomic mass is 10.5. The normalized spacial score (nSPS) is 7.92. The molecule has 0 rings (SSSR count). The number of esters is 1. The number of primary amides is 1. The Morgan fingerprint density at radius 1 is 1.50 bits per heavy atom. The Morgan fingerprint density at radius 2 is 1.92 bits per heavy atom. The van der Waals surface area contributed by atoms with Gasteiger partial charge in [0.05, 0.1) is 13.0 Å². The fourth-order valence-corrected chi connectivity index (χ4v) is 0.507. The van der Waals surface area contributed by atoms with E-state index in [1.54, 1.807) is 6.92 Å². The van der Waals surface area contributed by atoms with Crippen LogP contribution in [0.1, 0.15) is 20.3 Å². The van der Waals surface area contributed by atoms with Gasteiger partial charge in [-0.15, -0.1) is 0 Å². The van der Waals surface area contributed by atoms with Crippen LogP contribution in [0.25, 0.3) is 0 Å². The van der Waals surface area contributed by atoms with E-state index in [0.717, 1.165) is 0 Å². The first-order valence-corrected chi connectivity index (χ1v) is 4.20. The highest BCUT2D eigenvalue weighted by Gasteiger charge is 1.95. The number of nitrogens with two attached hydrogens (primary N) is 1. The summed E-state index contributed by atoms with van der Waals surface area (Å²) in [6, 6.07) is 0. The predicted octanol–water partition coefficient (Wildman–Crippen LogP) is 0.361. The molecule has 2 N–H and O–H groups in total. The standard InChI is InChI=1S/C5H10O2S.C2H5NO/c1-2-7-5(6)3-4-8;1-2(3)4/h8H,2-4H2,1H3;1H3,(H2,3,4). The summed E-state index contributed by atoms with van der Waals surface area (Å²) in [5.41, 5.74) is 4.47. The van der Waals surface area contributed by atoms with Gasteiger partial charge in [-0.2, -0.15) is 12.6 Å². The van der Waals surface area contributed by atoms with Gasteiger partial charge in [0.15, 0.2) is 0 Å². The predicted molar refractivity (Wildman–Crippen MR) is 50.0 cm³/mol. The fourth-order valence-electron chi connectivity index (χ4n) is 0.324. The van der Waals surface area contributed by atoms with Crippen molar-refractivity contribution in [2.75, 3.05) is 12.4 Å². The van der Waals surface area contributed by atoms with Gasteiger partial charge < -0.3 is 10.5 Å². The Morgan fingerprint density at radius 3 is 2.17 bits per heavy atom. The highest BCUT2D eigenvalue weighted by molar-refractivity contribution is 7.80. The molecule has 0 aromatic rings. The van der Waals surface area contributed by atoms with Crippen LogP contribution in [-0.2, 0) is 14.3 Å². The van der Waals surface area contributed by atoms with Gasteiger partial charge in [0, 0.05) is 12.7 Å². The van der Waals surface area contributed by atoms with E-state index >= 15 is 0 Å². The molecule has 0 aliphatic carbocycles. The molecule has 0 aromatic carbocycles. The summed E-state index contributed by atoms with van der Waals surface area (Å²) in [7, 11) is 0. The van der Waals surface area contributed by atoms with Crippen LogP contribution in [0.4, 0.5) is 0 Å². The molecule has 0 aliphatic heterocycles. The molecular weight excluding hydrogens is 178 g/mol. The Bertz CT molecular complexity index is 127. The van der Waals surface area contributed by atoms with Crippen molar-refractivity contribution < 1.29 is 14.3 Å². The molecule has 5 heteroatoms. The van der Waals surface area contributed by atoms with Gasteiger partial charge in [-0.25, -0.2) is 0 Å². The van der Waals surface area contributed by atoms with E-state index in [2.05, 4.69) is 23.1 Å². The van der Waals surface area contributed by atoms with Gasteiger partial charge in [0.1, 0.15) is 0 Å². The molecule has 0 aromatic heterocycles. The van der Waals surface area contributed by atoms with Crippen molar-refractivity contribution in [1.29, 1.82) is 0 Å². The molecule has 0 radical (unpaired) electrons. The molecule has 0 saturated heterocycles. The number of carbonyl (C=O) groups is 2. The second-order valence-corrected chi connectivity index (χ2v) is 2.34. The van der Waals surface area contributed by atoms with Gasteiger partial charge in [-0.3, -0.25) is 9.59 Å². The summed E-state index contributed by atoms with van der Waals surface area (Å²) in [6.45, 7) is 3.56. The molecule has 12 heavy (non-hydrogen) atoms. The maximum Gasteiger partial charge on any atom is 0.306 e. The van der Waals surface area contributed by atoms with Crippen molar-refractivity contribution in [3.63, 3.8) is 0 Å². The third-order valence-corrected chi connectivity index (χ3v) is 0.845. The molecule has 0 saturated carbocycles. The zero-order valence-electron chi connectivity index (χ0n) is 7.37. The Labute approximate surface area is 77.9 Å². The topological polar surface area (TPSA) is 69.4 Å². The third-order valence-electron chi connectivity index (χ3n) is 0.621. The summed E-state index contributed by atoms with van der Waals surface area (Å²) in [6.07, 6.45) is 0.414. The minimum atomic E-state index is -0.333. The molecular formula is C7H15NO3S.